The summed E-state index contributed by atoms with van der Waals surface area (Å²) in [6.07, 6.45) is 2.43. The average Bonchev–Trinajstić information content (AvgIpc) is 3.23. The summed E-state index contributed by atoms with van der Waals surface area (Å²) in [4.78, 5) is 24.0. The molecule has 0 radical (unpaired) electrons. The highest BCUT2D eigenvalue weighted by atomic mass is 16.5. The second-order valence-electron chi connectivity index (χ2n) is 6.27. The zero-order valence-corrected chi connectivity index (χ0v) is 15.6. The number of hydrogen-bond donors (Lipinski definition) is 2. The largest absolute Gasteiger partial charge is 0.493 e. The molecular formula is C22H22N2O4. The second kappa shape index (κ2) is 9.41. The molecule has 28 heavy (non-hydrogen) atoms. The van der Waals surface area contributed by atoms with E-state index < -0.39 is 0 Å². The van der Waals surface area contributed by atoms with Crippen molar-refractivity contribution in [2.24, 2.45) is 0 Å². The van der Waals surface area contributed by atoms with Gasteiger partial charge in [-0.3, -0.25) is 9.59 Å². The first-order valence-corrected chi connectivity index (χ1v) is 9.05. The molecule has 0 aliphatic rings. The van der Waals surface area contributed by atoms with Crippen LogP contribution in [0.15, 0.2) is 71.3 Å². The molecule has 0 bridgehead atoms. The minimum atomic E-state index is -0.324. The summed E-state index contributed by atoms with van der Waals surface area (Å²) in [7, 11) is 0. The lowest BCUT2D eigenvalue weighted by Crippen LogP contribution is -2.13. The lowest BCUT2D eigenvalue weighted by molar-refractivity contribution is -0.116. The number of rotatable bonds is 8. The van der Waals surface area contributed by atoms with Gasteiger partial charge in [-0.15, -0.1) is 0 Å². The van der Waals surface area contributed by atoms with E-state index in [9.17, 15) is 9.59 Å². The number of para-hydroxylation sites is 1. The zero-order valence-electron chi connectivity index (χ0n) is 15.6. The van der Waals surface area contributed by atoms with E-state index in [0.717, 1.165) is 11.3 Å². The average molecular weight is 378 g/mol. The Kier molecular flexibility index (Phi) is 6.46. The van der Waals surface area contributed by atoms with Crippen molar-refractivity contribution >= 4 is 23.2 Å². The fraction of sp³-hybridized carbons (Fsp3) is 0.182. The first kappa shape index (κ1) is 19.2. The highest BCUT2D eigenvalue weighted by Crippen LogP contribution is 2.17. The fourth-order valence-corrected chi connectivity index (χ4v) is 2.59. The van der Waals surface area contributed by atoms with Crippen molar-refractivity contribution in [3.8, 4) is 5.75 Å². The van der Waals surface area contributed by atoms with Crippen LogP contribution >= 0.6 is 0 Å². The Hall–Kier alpha value is -3.54. The topological polar surface area (TPSA) is 80.6 Å². The van der Waals surface area contributed by atoms with Gasteiger partial charge in [0.2, 0.25) is 5.91 Å². The van der Waals surface area contributed by atoms with Crippen LogP contribution in [-0.2, 0) is 4.79 Å². The van der Waals surface area contributed by atoms with Crippen LogP contribution in [0.3, 0.4) is 0 Å². The van der Waals surface area contributed by atoms with Crippen LogP contribution in [0, 0.1) is 6.92 Å². The van der Waals surface area contributed by atoms with E-state index in [1.165, 1.54) is 6.26 Å². The molecule has 1 aromatic heterocycles. The molecule has 2 amide bonds. The van der Waals surface area contributed by atoms with Crippen LogP contribution in [0.4, 0.5) is 11.4 Å². The summed E-state index contributed by atoms with van der Waals surface area (Å²) < 4.78 is 10.7. The molecule has 144 valence electrons. The number of nitrogens with one attached hydrogen (secondary N) is 2. The van der Waals surface area contributed by atoms with Gasteiger partial charge in [-0.05, 0) is 61.4 Å². The van der Waals surface area contributed by atoms with E-state index in [0.29, 0.717) is 30.8 Å². The summed E-state index contributed by atoms with van der Waals surface area (Å²) in [5, 5.41) is 5.56. The number of benzene rings is 2. The molecular weight excluding hydrogens is 356 g/mol. The van der Waals surface area contributed by atoms with Gasteiger partial charge >= 0.3 is 0 Å². The molecule has 0 aliphatic heterocycles. The van der Waals surface area contributed by atoms with Crippen LogP contribution in [-0.4, -0.2) is 18.4 Å². The highest BCUT2D eigenvalue weighted by molar-refractivity contribution is 6.02. The van der Waals surface area contributed by atoms with Gasteiger partial charge in [-0.1, -0.05) is 18.2 Å². The number of hydrogen-bond acceptors (Lipinski definition) is 4. The molecule has 0 atom stereocenters. The van der Waals surface area contributed by atoms with E-state index in [1.54, 1.807) is 36.4 Å². The maximum Gasteiger partial charge on any atom is 0.291 e. The molecule has 0 unspecified atom stereocenters. The Bertz CT molecular complexity index is 918. The molecule has 1 heterocycles. The fourth-order valence-electron chi connectivity index (χ4n) is 2.59. The number of ether oxygens (including phenoxy) is 1. The summed E-state index contributed by atoms with van der Waals surface area (Å²) in [6, 6.07) is 17.9. The predicted molar refractivity (Wildman–Crippen MR) is 108 cm³/mol. The number of furan rings is 1. The van der Waals surface area contributed by atoms with Crippen LogP contribution in [0.25, 0.3) is 0 Å². The van der Waals surface area contributed by atoms with Crippen molar-refractivity contribution in [3.63, 3.8) is 0 Å². The van der Waals surface area contributed by atoms with Crippen LogP contribution in [0.2, 0.25) is 0 Å². The third kappa shape index (κ3) is 5.48. The zero-order chi connectivity index (χ0) is 19.8. The van der Waals surface area contributed by atoms with Gasteiger partial charge in [0.15, 0.2) is 5.76 Å². The first-order chi connectivity index (χ1) is 13.6. The van der Waals surface area contributed by atoms with E-state index in [4.69, 9.17) is 9.15 Å². The molecule has 0 saturated heterocycles. The predicted octanol–water partition coefficient (Wildman–Crippen LogP) is 4.64. The lowest BCUT2D eigenvalue weighted by atomic mass is 10.2. The van der Waals surface area contributed by atoms with Crippen molar-refractivity contribution in [3.05, 3.63) is 78.3 Å². The molecule has 3 rings (SSSR count). The standard InChI is InChI=1S/C22H22N2O4/c1-16-6-2-3-7-19(16)27-15-5-9-21(25)23-17-10-12-18(13-11-17)24-22(26)20-8-4-14-28-20/h2-4,6-8,10-14H,5,9,15H2,1H3,(H,23,25)(H,24,26). The minimum absolute atomic E-state index is 0.0826. The number of aryl methyl sites for hydroxylation is 1. The third-order valence-corrected chi connectivity index (χ3v) is 4.07. The maximum absolute atomic E-state index is 12.1. The summed E-state index contributed by atoms with van der Waals surface area (Å²) in [5.74, 6) is 0.677. The van der Waals surface area contributed by atoms with E-state index >= 15 is 0 Å². The molecule has 0 fully saturated rings. The van der Waals surface area contributed by atoms with E-state index in [1.807, 2.05) is 31.2 Å². The molecule has 3 aromatic rings. The Labute approximate surface area is 163 Å². The van der Waals surface area contributed by atoms with Crippen LogP contribution in [0.5, 0.6) is 5.75 Å². The summed E-state index contributed by atoms with van der Waals surface area (Å²) in [6.45, 7) is 2.47. The van der Waals surface area contributed by atoms with Gasteiger partial charge in [-0.2, -0.15) is 0 Å². The number of carbonyl (C=O) groups excluding carboxylic acids is 2. The van der Waals surface area contributed by atoms with E-state index in [2.05, 4.69) is 10.6 Å². The number of anilines is 2. The van der Waals surface area contributed by atoms with Crippen molar-refractivity contribution in [2.45, 2.75) is 19.8 Å². The SMILES string of the molecule is Cc1ccccc1OCCCC(=O)Nc1ccc(NC(=O)c2ccco2)cc1. The normalized spacial score (nSPS) is 10.3. The highest BCUT2D eigenvalue weighted by Gasteiger charge is 2.09. The second-order valence-corrected chi connectivity index (χ2v) is 6.27. The van der Waals surface area contributed by atoms with Gasteiger partial charge in [0, 0.05) is 17.8 Å². The molecule has 2 aromatic carbocycles. The third-order valence-electron chi connectivity index (χ3n) is 4.07. The lowest BCUT2D eigenvalue weighted by Gasteiger charge is -2.09. The molecule has 0 aliphatic carbocycles. The minimum Gasteiger partial charge on any atom is -0.493 e. The van der Waals surface area contributed by atoms with Crippen LogP contribution in [0.1, 0.15) is 29.0 Å². The smallest absolute Gasteiger partial charge is 0.291 e. The number of carbonyl (C=O) groups is 2. The van der Waals surface area contributed by atoms with Gasteiger partial charge in [0.05, 0.1) is 12.9 Å². The maximum atomic E-state index is 12.1. The van der Waals surface area contributed by atoms with Crippen molar-refractivity contribution in [1.29, 1.82) is 0 Å². The quantitative estimate of drug-likeness (QED) is 0.560. The van der Waals surface area contributed by atoms with Crippen molar-refractivity contribution in [1.82, 2.24) is 0 Å². The summed E-state index contributed by atoms with van der Waals surface area (Å²) >= 11 is 0. The Morgan fingerprint density at radius 3 is 2.32 bits per heavy atom. The summed E-state index contributed by atoms with van der Waals surface area (Å²) in [5.41, 5.74) is 2.36. The Balaban J connectivity index is 1.40. The first-order valence-electron chi connectivity index (χ1n) is 9.05. The molecule has 2 N–H and O–H groups in total. The molecule has 0 saturated carbocycles. The molecule has 0 spiro atoms. The van der Waals surface area contributed by atoms with Crippen molar-refractivity contribution in [2.75, 3.05) is 17.2 Å². The molecule has 6 heteroatoms. The van der Waals surface area contributed by atoms with Gasteiger partial charge in [-0.25, -0.2) is 0 Å². The van der Waals surface area contributed by atoms with E-state index in [-0.39, 0.29) is 17.6 Å². The van der Waals surface area contributed by atoms with Gasteiger partial charge < -0.3 is 19.8 Å². The van der Waals surface area contributed by atoms with Gasteiger partial charge in [0.1, 0.15) is 5.75 Å². The Morgan fingerprint density at radius 2 is 1.64 bits per heavy atom. The Morgan fingerprint density at radius 1 is 0.929 bits per heavy atom. The van der Waals surface area contributed by atoms with Gasteiger partial charge in [0.25, 0.3) is 5.91 Å². The monoisotopic (exact) mass is 378 g/mol. The molecule has 6 nitrogen and oxygen atoms in total. The van der Waals surface area contributed by atoms with Crippen molar-refractivity contribution < 1.29 is 18.7 Å². The number of amides is 2. The van der Waals surface area contributed by atoms with Crippen LogP contribution < -0.4 is 15.4 Å².